The number of aliphatic imine (C=N–C) groups is 1. The Bertz CT molecular complexity index is 258. The van der Waals surface area contributed by atoms with Crippen LogP contribution in [0.15, 0.2) is 4.99 Å². The van der Waals surface area contributed by atoms with E-state index in [-0.39, 0.29) is 29.9 Å². The summed E-state index contributed by atoms with van der Waals surface area (Å²) in [4.78, 5) is 5.33. The molecule has 0 amide bonds. The molecule has 0 unspecified atom stereocenters. The van der Waals surface area contributed by atoms with Crippen molar-refractivity contribution < 1.29 is 13.2 Å². The van der Waals surface area contributed by atoms with E-state index in [0.717, 1.165) is 19.3 Å². The van der Waals surface area contributed by atoms with E-state index in [0.29, 0.717) is 25.6 Å². The van der Waals surface area contributed by atoms with Crippen molar-refractivity contribution in [1.29, 1.82) is 0 Å². The van der Waals surface area contributed by atoms with Gasteiger partial charge in [0.25, 0.3) is 0 Å². The lowest BCUT2D eigenvalue weighted by atomic mass is 9.93. The fourth-order valence-electron chi connectivity index (χ4n) is 2.06. The van der Waals surface area contributed by atoms with Crippen molar-refractivity contribution in [3.63, 3.8) is 0 Å². The van der Waals surface area contributed by atoms with E-state index < -0.39 is 12.7 Å². The van der Waals surface area contributed by atoms with Crippen LogP contribution in [0.5, 0.6) is 0 Å². The van der Waals surface area contributed by atoms with E-state index in [2.05, 4.69) is 4.99 Å². The Balaban J connectivity index is 0.00000289. The first kappa shape index (κ1) is 17.8. The molecule has 1 aliphatic heterocycles. The largest absolute Gasteiger partial charge is 0.401 e. The highest BCUT2D eigenvalue weighted by atomic mass is 127. The molecule has 1 aliphatic rings. The minimum absolute atomic E-state index is 0. The van der Waals surface area contributed by atoms with Gasteiger partial charge in [0.1, 0.15) is 0 Å². The van der Waals surface area contributed by atoms with Gasteiger partial charge in [-0.2, -0.15) is 13.2 Å². The zero-order valence-corrected chi connectivity index (χ0v) is 12.4. The van der Waals surface area contributed by atoms with Crippen LogP contribution >= 0.6 is 24.0 Å². The minimum Gasteiger partial charge on any atom is -0.370 e. The van der Waals surface area contributed by atoms with Gasteiger partial charge in [-0.1, -0.05) is 0 Å². The Labute approximate surface area is 122 Å². The van der Waals surface area contributed by atoms with Crippen molar-refractivity contribution in [1.82, 2.24) is 4.90 Å². The van der Waals surface area contributed by atoms with E-state index >= 15 is 0 Å². The molecule has 0 bridgehead atoms. The number of piperidine rings is 1. The fourth-order valence-corrected chi connectivity index (χ4v) is 2.06. The van der Waals surface area contributed by atoms with Crippen LogP contribution in [0.25, 0.3) is 0 Å². The van der Waals surface area contributed by atoms with E-state index in [1.54, 1.807) is 0 Å². The van der Waals surface area contributed by atoms with Crippen LogP contribution in [0, 0.1) is 5.92 Å². The second-order valence-electron chi connectivity index (χ2n) is 4.43. The normalized spacial score (nSPS) is 18.2. The van der Waals surface area contributed by atoms with Gasteiger partial charge < -0.3 is 11.5 Å². The first-order valence-corrected chi connectivity index (χ1v) is 5.71. The molecule has 8 heteroatoms. The van der Waals surface area contributed by atoms with Gasteiger partial charge in [-0.3, -0.25) is 9.89 Å². The molecule has 1 rings (SSSR count). The molecule has 4 N–H and O–H groups in total. The van der Waals surface area contributed by atoms with Crippen LogP contribution in [-0.4, -0.2) is 43.2 Å². The molecular weight excluding hydrogens is 360 g/mol. The lowest BCUT2D eigenvalue weighted by molar-refractivity contribution is -0.148. The molecule has 1 saturated heterocycles. The maximum atomic E-state index is 12.1. The number of alkyl halides is 3. The highest BCUT2D eigenvalue weighted by Crippen LogP contribution is 2.24. The Kier molecular flexibility index (Phi) is 7.92. The summed E-state index contributed by atoms with van der Waals surface area (Å²) in [5.74, 6) is 0.502. The van der Waals surface area contributed by atoms with Gasteiger partial charge in [-0.25, -0.2) is 0 Å². The maximum Gasteiger partial charge on any atom is 0.401 e. The van der Waals surface area contributed by atoms with Gasteiger partial charge in [0.05, 0.1) is 6.54 Å². The van der Waals surface area contributed by atoms with Crippen LogP contribution in [0.3, 0.4) is 0 Å². The Morgan fingerprint density at radius 2 is 1.78 bits per heavy atom. The summed E-state index contributed by atoms with van der Waals surface area (Å²) in [6, 6.07) is 0. The number of nitrogens with zero attached hydrogens (tertiary/aromatic N) is 2. The molecule has 0 aliphatic carbocycles. The molecule has 1 fully saturated rings. The van der Waals surface area contributed by atoms with Gasteiger partial charge >= 0.3 is 6.18 Å². The van der Waals surface area contributed by atoms with Crippen molar-refractivity contribution in [3.05, 3.63) is 0 Å². The topological polar surface area (TPSA) is 67.6 Å². The quantitative estimate of drug-likeness (QED) is 0.442. The van der Waals surface area contributed by atoms with Crippen LogP contribution in [0.4, 0.5) is 13.2 Å². The minimum atomic E-state index is -4.09. The van der Waals surface area contributed by atoms with Gasteiger partial charge in [-0.15, -0.1) is 24.0 Å². The second-order valence-corrected chi connectivity index (χ2v) is 4.43. The average molecular weight is 380 g/mol. The summed E-state index contributed by atoms with van der Waals surface area (Å²) in [6.45, 7) is 0.776. The molecule has 0 radical (unpaired) electrons. The van der Waals surface area contributed by atoms with E-state index in [9.17, 15) is 13.2 Å². The predicted molar refractivity (Wildman–Crippen MR) is 75.9 cm³/mol. The van der Waals surface area contributed by atoms with Crippen LogP contribution < -0.4 is 11.5 Å². The number of hydrogen-bond donors (Lipinski definition) is 2. The third-order valence-electron chi connectivity index (χ3n) is 2.94. The summed E-state index contributed by atoms with van der Waals surface area (Å²) in [7, 11) is 0. The Morgan fingerprint density at radius 3 is 2.22 bits per heavy atom. The number of hydrogen-bond acceptors (Lipinski definition) is 2. The lowest BCUT2D eigenvalue weighted by Crippen LogP contribution is -2.40. The molecule has 1 heterocycles. The molecule has 0 aromatic heterocycles. The lowest BCUT2D eigenvalue weighted by Gasteiger charge is -2.32. The predicted octanol–water partition coefficient (Wildman–Crippen LogP) is 1.54. The molecule has 0 atom stereocenters. The first-order chi connectivity index (χ1) is 7.87. The fraction of sp³-hybridized carbons (Fsp3) is 0.900. The highest BCUT2D eigenvalue weighted by molar-refractivity contribution is 14.0. The van der Waals surface area contributed by atoms with Crippen molar-refractivity contribution >= 4 is 29.9 Å². The van der Waals surface area contributed by atoms with Gasteiger partial charge in [0, 0.05) is 6.54 Å². The van der Waals surface area contributed by atoms with Gasteiger partial charge in [0.2, 0.25) is 0 Å². The second kappa shape index (κ2) is 8.03. The summed E-state index contributed by atoms with van der Waals surface area (Å²) in [5, 5.41) is 0. The SMILES string of the molecule is I.NC(N)=NCCC1CCN(CC(F)(F)F)CC1. The van der Waals surface area contributed by atoms with Crippen molar-refractivity contribution in [2.75, 3.05) is 26.2 Å². The van der Waals surface area contributed by atoms with Crippen LogP contribution in [-0.2, 0) is 0 Å². The number of rotatable bonds is 4. The molecular formula is C10H20F3IN4. The van der Waals surface area contributed by atoms with Crippen molar-refractivity contribution in [3.8, 4) is 0 Å². The molecule has 4 nitrogen and oxygen atoms in total. The Hall–Kier alpha value is -0.250. The monoisotopic (exact) mass is 380 g/mol. The smallest absolute Gasteiger partial charge is 0.370 e. The zero-order valence-electron chi connectivity index (χ0n) is 10.1. The number of halogens is 4. The standard InChI is InChI=1S/C10H19F3N4.HI/c11-10(12,13)7-17-5-2-8(3-6-17)1-4-16-9(14)15;/h8H,1-7H2,(H4,14,15,16);1H. The molecule has 0 aromatic rings. The average Bonchev–Trinajstić information content (AvgIpc) is 2.18. The molecule has 108 valence electrons. The van der Waals surface area contributed by atoms with Crippen LogP contribution in [0.2, 0.25) is 0 Å². The first-order valence-electron chi connectivity index (χ1n) is 5.71. The molecule has 0 saturated carbocycles. The molecule has 18 heavy (non-hydrogen) atoms. The molecule has 0 spiro atoms. The van der Waals surface area contributed by atoms with Crippen LogP contribution in [0.1, 0.15) is 19.3 Å². The van der Waals surface area contributed by atoms with Crippen molar-refractivity contribution in [2.45, 2.75) is 25.4 Å². The maximum absolute atomic E-state index is 12.1. The summed E-state index contributed by atoms with van der Waals surface area (Å²) in [6.07, 6.45) is -1.67. The van der Waals surface area contributed by atoms with Gasteiger partial charge in [-0.05, 0) is 38.3 Å². The number of likely N-dealkylation sites (tertiary alicyclic amines) is 1. The highest BCUT2D eigenvalue weighted by Gasteiger charge is 2.32. The summed E-state index contributed by atoms with van der Waals surface area (Å²) in [5.41, 5.74) is 10.4. The Morgan fingerprint density at radius 1 is 1.22 bits per heavy atom. The number of nitrogens with two attached hydrogens (primary N) is 2. The van der Waals surface area contributed by atoms with E-state index in [1.807, 2.05) is 0 Å². The van der Waals surface area contributed by atoms with Crippen molar-refractivity contribution in [2.24, 2.45) is 22.4 Å². The van der Waals surface area contributed by atoms with E-state index in [4.69, 9.17) is 11.5 Å². The summed E-state index contributed by atoms with van der Waals surface area (Å²) < 4.78 is 36.4. The third kappa shape index (κ3) is 7.96. The number of guanidine groups is 1. The van der Waals surface area contributed by atoms with E-state index in [1.165, 1.54) is 4.90 Å². The zero-order chi connectivity index (χ0) is 12.9. The molecule has 0 aromatic carbocycles. The summed E-state index contributed by atoms with van der Waals surface area (Å²) >= 11 is 0. The van der Waals surface area contributed by atoms with Gasteiger partial charge in [0.15, 0.2) is 5.96 Å². The third-order valence-corrected chi connectivity index (χ3v) is 2.94.